The van der Waals surface area contributed by atoms with Gasteiger partial charge in [-0.15, -0.1) is 0 Å². The molecule has 2 N–H and O–H groups in total. The highest BCUT2D eigenvalue weighted by atomic mass is 16.2. The van der Waals surface area contributed by atoms with E-state index in [-0.39, 0.29) is 54.0 Å². The van der Waals surface area contributed by atoms with E-state index in [0.29, 0.717) is 42.2 Å². The van der Waals surface area contributed by atoms with E-state index in [2.05, 4.69) is 112 Å². The van der Waals surface area contributed by atoms with Crippen LogP contribution in [0.4, 0.5) is 11.6 Å². The predicted molar refractivity (Wildman–Crippen MR) is 358 cm³/mol. The fraction of sp³-hybridized carbons (Fsp3) is 0.500. The number of Topliss-reactive ketones (excluding diaryl/α,β-unsaturated/α-hetero) is 4. The Morgan fingerprint density at radius 3 is 1.47 bits per heavy atom. The lowest BCUT2D eigenvalue weighted by Crippen LogP contribution is -2.50. The number of nitrogens with zero attached hydrogens (tertiary/aromatic N) is 9. The number of amides is 1. The van der Waals surface area contributed by atoms with E-state index in [1.54, 1.807) is 12.4 Å². The monoisotopic (exact) mass is 1210 g/mol. The Morgan fingerprint density at radius 1 is 0.589 bits per heavy atom. The number of nitrogens with one attached hydrogen (secondary N) is 2. The Morgan fingerprint density at radius 2 is 1.04 bits per heavy atom. The van der Waals surface area contributed by atoms with Crippen molar-refractivity contribution in [3.63, 3.8) is 0 Å². The number of ketones is 4. The van der Waals surface area contributed by atoms with Crippen LogP contribution in [0.3, 0.4) is 0 Å². The summed E-state index contributed by atoms with van der Waals surface area (Å²) >= 11 is 0. The Labute approximate surface area is 530 Å². The molecule has 8 aliphatic rings. The van der Waals surface area contributed by atoms with E-state index in [1.165, 1.54) is 38.5 Å². The van der Waals surface area contributed by atoms with Gasteiger partial charge in [0.25, 0.3) is 0 Å². The largest absolute Gasteiger partial charge is 0.355 e. The number of hydrogen-bond acceptors (Lipinski definition) is 13. The smallest absolute Gasteiger partial charge is 0.220 e. The van der Waals surface area contributed by atoms with Gasteiger partial charge in [-0.2, -0.15) is 10.2 Å². The number of aromatic nitrogens is 6. The van der Waals surface area contributed by atoms with Crippen LogP contribution < -0.4 is 20.4 Å². The van der Waals surface area contributed by atoms with Gasteiger partial charge >= 0.3 is 0 Å². The molecule has 6 aromatic rings. The maximum atomic E-state index is 13.8. The molecule has 4 aromatic heterocycles. The third-order valence-electron chi connectivity index (χ3n) is 20.4. The maximum absolute atomic E-state index is 13.8. The van der Waals surface area contributed by atoms with Gasteiger partial charge in [0.15, 0.2) is 23.1 Å². The summed E-state index contributed by atoms with van der Waals surface area (Å²) in [5.41, 5.74) is 12.9. The average Bonchev–Trinajstić information content (AvgIpc) is 1.03. The molecule has 472 valence electrons. The number of pyridine rings is 2. The first-order valence-corrected chi connectivity index (χ1v) is 33.4. The number of hydrogen-bond donors (Lipinski definition) is 2. The Kier molecular flexibility index (Phi) is 18.5. The lowest BCUT2D eigenvalue weighted by Gasteiger charge is -2.56. The number of carbonyl (C=O) groups is 5. The van der Waals surface area contributed by atoms with Gasteiger partial charge in [-0.1, -0.05) is 23.3 Å². The fourth-order valence-electron chi connectivity index (χ4n) is 16.3. The first-order chi connectivity index (χ1) is 43.3. The Balaban J connectivity index is 0.000000186. The molecule has 0 atom stereocenters. The third kappa shape index (κ3) is 13.7. The van der Waals surface area contributed by atoms with Crippen molar-refractivity contribution in [3.8, 4) is 22.3 Å². The second kappa shape index (κ2) is 26.6. The molecule has 2 saturated heterocycles. The summed E-state index contributed by atoms with van der Waals surface area (Å²) < 4.78 is 3.93. The van der Waals surface area contributed by atoms with Gasteiger partial charge in [-0.25, -0.2) is 9.97 Å². The number of piperazine rings is 2. The highest BCUT2D eigenvalue weighted by molar-refractivity contribution is 6.11. The molecule has 4 saturated carbocycles. The summed E-state index contributed by atoms with van der Waals surface area (Å²) in [6, 6.07) is 16.8. The Bertz CT molecular complexity index is 3830. The second-order valence-corrected chi connectivity index (χ2v) is 27.9. The molecular weight excluding hydrogens is 1120 g/mol. The molecule has 6 aliphatic carbocycles. The summed E-state index contributed by atoms with van der Waals surface area (Å²) in [7, 11) is 0. The van der Waals surface area contributed by atoms with Crippen LogP contribution >= 0.6 is 0 Å². The summed E-state index contributed by atoms with van der Waals surface area (Å²) in [6.45, 7) is 25.3. The standard InChI is InChI=1S/C44H56N6O3.C30H35N5O2/c1-28(2)50-39-21-35(20-37(38(39)27-47-50)40(51)7-6-36-30(4)15-29(3)16-41(36)52)34-5-8-42(46-26-34)49-13-11-48(12-14-49)10-9-45-43(53)25-44-22-31-17-32(23-44)19-33(18-31)24-44;1-19(2)35-27-16-23(22-5-8-30(32-17-22)34-11-9-31-10-12-34)15-25(26(27)18-33-35)28(36)7-6-24-21(4)13-20(3)14-29(24)37/h5,8,15,20-21,26-28,31-33H,6-7,9-14,16-19,22-25H2,1-4H3,(H,45,53);5,8,13,15-19,31H,6-7,9-12,14H2,1-4H3. The average molecular weight is 1210 g/mol. The summed E-state index contributed by atoms with van der Waals surface area (Å²) in [6.07, 6.45) is 22.7. The first kappa shape index (κ1) is 62.5. The van der Waals surface area contributed by atoms with Gasteiger partial charge in [-0.05, 0) is 212 Å². The topological polar surface area (TPSA) is 181 Å². The van der Waals surface area contributed by atoms with Crippen LogP contribution in [0.25, 0.3) is 44.1 Å². The molecule has 14 rings (SSSR count). The summed E-state index contributed by atoms with van der Waals surface area (Å²) in [5.74, 6) is 5.13. The zero-order chi connectivity index (χ0) is 63.0. The minimum Gasteiger partial charge on any atom is -0.355 e. The third-order valence-corrected chi connectivity index (χ3v) is 20.4. The quantitative estimate of drug-likeness (QED) is 0.0732. The number of benzene rings is 2. The molecule has 16 nitrogen and oxygen atoms in total. The van der Waals surface area contributed by atoms with Crippen LogP contribution in [0.5, 0.6) is 0 Å². The van der Waals surface area contributed by atoms with Crippen LogP contribution in [0.15, 0.2) is 119 Å². The van der Waals surface area contributed by atoms with Gasteiger partial charge in [0.2, 0.25) is 5.91 Å². The molecular formula is C74H91N11O5. The molecule has 2 aromatic carbocycles. The number of fused-ring (bicyclic) bond motifs is 2. The SMILES string of the molecule is CC1=CC(C)=C(CCC(=O)c2cc(-c3ccc(N4CCN(CCNC(=O)CC56CC7CC(CC(C7)C5)C6)CC4)nc3)cc3c2cnn3C(C)C)C(=O)C1.CC1=CC(C)=C(CCC(=O)c2cc(-c3ccc(N4CCNCC4)nc3)cc3c2cnn3C(C)C)C(=O)C1. The van der Waals surface area contributed by atoms with Crippen LogP contribution in [0.1, 0.15) is 172 Å². The van der Waals surface area contributed by atoms with E-state index < -0.39 is 0 Å². The van der Waals surface area contributed by atoms with Crippen molar-refractivity contribution in [2.45, 2.75) is 151 Å². The van der Waals surface area contributed by atoms with Crippen LogP contribution in [-0.4, -0.2) is 129 Å². The van der Waals surface area contributed by atoms with E-state index in [4.69, 9.17) is 9.97 Å². The Hall–Kier alpha value is -7.69. The number of anilines is 2. The van der Waals surface area contributed by atoms with Crippen LogP contribution in [0, 0.1) is 23.2 Å². The van der Waals surface area contributed by atoms with Gasteiger partial charge in [-0.3, -0.25) is 38.2 Å². The van der Waals surface area contributed by atoms with Crippen LogP contribution in [0.2, 0.25) is 0 Å². The molecule has 6 heterocycles. The van der Waals surface area contributed by atoms with Crippen molar-refractivity contribution in [3.05, 3.63) is 130 Å². The molecule has 4 bridgehead atoms. The van der Waals surface area contributed by atoms with Crippen molar-refractivity contribution < 1.29 is 24.0 Å². The predicted octanol–water partition coefficient (Wildman–Crippen LogP) is 13.0. The highest BCUT2D eigenvalue weighted by Gasteiger charge is 2.51. The van der Waals surface area contributed by atoms with Gasteiger partial charge < -0.3 is 20.4 Å². The minimum atomic E-state index is 0.0177. The van der Waals surface area contributed by atoms with Crippen molar-refractivity contribution in [2.24, 2.45) is 23.2 Å². The molecule has 0 radical (unpaired) electrons. The fourth-order valence-corrected chi connectivity index (χ4v) is 16.3. The highest BCUT2D eigenvalue weighted by Crippen LogP contribution is 2.61. The number of carbonyl (C=O) groups excluding carboxylic acids is 5. The maximum Gasteiger partial charge on any atom is 0.220 e. The van der Waals surface area contributed by atoms with Gasteiger partial charge in [0, 0.05) is 155 Å². The molecule has 16 heteroatoms. The van der Waals surface area contributed by atoms with Crippen molar-refractivity contribution >= 4 is 62.5 Å². The first-order valence-electron chi connectivity index (χ1n) is 33.4. The summed E-state index contributed by atoms with van der Waals surface area (Å²) in [4.78, 5) is 82.5. The normalized spacial score (nSPS) is 22.0. The van der Waals surface area contributed by atoms with Crippen molar-refractivity contribution in [1.29, 1.82) is 0 Å². The zero-order valence-electron chi connectivity index (χ0n) is 54.3. The molecule has 1 amide bonds. The van der Waals surface area contributed by atoms with Crippen molar-refractivity contribution in [1.82, 2.24) is 45.1 Å². The number of allylic oxidation sites excluding steroid dienone is 8. The second-order valence-electron chi connectivity index (χ2n) is 27.9. The zero-order valence-corrected chi connectivity index (χ0v) is 54.3. The van der Waals surface area contributed by atoms with Crippen molar-refractivity contribution in [2.75, 3.05) is 75.2 Å². The lowest BCUT2D eigenvalue weighted by atomic mass is 9.49. The lowest BCUT2D eigenvalue weighted by molar-refractivity contribution is -0.129. The van der Waals surface area contributed by atoms with E-state index in [9.17, 15) is 24.0 Å². The minimum absolute atomic E-state index is 0.0177. The summed E-state index contributed by atoms with van der Waals surface area (Å²) in [5, 5.41) is 17.6. The van der Waals surface area contributed by atoms with E-state index >= 15 is 0 Å². The number of rotatable bonds is 19. The van der Waals surface area contributed by atoms with E-state index in [0.717, 1.165) is 179 Å². The van der Waals surface area contributed by atoms with E-state index in [1.807, 2.05) is 61.6 Å². The molecule has 90 heavy (non-hydrogen) atoms. The molecule has 0 spiro atoms. The molecule has 0 unspecified atom stereocenters. The van der Waals surface area contributed by atoms with Gasteiger partial charge in [0.05, 0.1) is 23.4 Å². The molecule has 2 aliphatic heterocycles. The van der Waals surface area contributed by atoms with Crippen LogP contribution in [-0.2, 0) is 14.4 Å². The molecule has 6 fully saturated rings. The van der Waals surface area contributed by atoms with Gasteiger partial charge in [0.1, 0.15) is 11.6 Å².